The molecule has 1 aliphatic heterocycles. The number of hydrogen-bond acceptors (Lipinski definition) is 2. The lowest BCUT2D eigenvalue weighted by Crippen LogP contribution is -2.41. The van der Waals surface area contributed by atoms with Crippen molar-refractivity contribution in [3.63, 3.8) is 0 Å². The molecule has 0 atom stereocenters. The zero-order chi connectivity index (χ0) is 7.61. The maximum Gasteiger partial charge on any atom is 0.279 e. The van der Waals surface area contributed by atoms with Crippen LogP contribution >= 0.6 is 11.8 Å². The van der Waals surface area contributed by atoms with Crippen molar-refractivity contribution < 1.29 is 4.79 Å². The first-order chi connectivity index (χ1) is 4.72. The summed E-state index contributed by atoms with van der Waals surface area (Å²) in [5.41, 5.74) is 0.113. The van der Waals surface area contributed by atoms with Crippen molar-refractivity contribution in [1.82, 2.24) is 5.32 Å². The third kappa shape index (κ3) is 1.29. The summed E-state index contributed by atoms with van der Waals surface area (Å²) in [6.07, 6.45) is 2.09. The lowest BCUT2D eigenvalue weighted by molar-refractivity contribution is 0.251. The minimum Gasteiger partial charge on any atom is -0.341 e. The van der Waals surface area contributed by atoms with Gasteiger partial charge in [-0.15, -0.1) is 0 Å². The molecule has 1 rings (SSSR count). The van der Waals surface area contributed by atoms with Crippen LogP contribution in [0.5, 0.6) is 0 Å². The van der Waals surface area contributed by atoms with E-state index in [4.69, 9.17) is 0 Å². The highest BCUT2D eigenvalue weighted by Gasteiger charge is 2.34. The number of carbonyl (C=O) groups is 1. The Hall–Kier alpha value is -0.180. The van der Waals surface area contributed by atoms with Crippen molar-refractivity contribution in [1.29, 1.82) is 0 Å². The molecule has 1 aliphatic rings. The Kier molecular flexibility index (Phi) is 2.24. The Bertz CT molecular complexity index is 143. The molecule has 58 valence electrons. The van der Waals surface area contributed by atoms with Crippen LogP contribution in [0.3, 0.4) is 0 Å². The minimum absolute atomic E-state index is 0.113. The second kappa shape index (κ2) is 2.82. The fraction of sp³-hybridized carbons (Fsp3) is 0.857. The van der Waals surface area contributed by atoms with Gasteiger partial charge in [0.25, 0.3) is 5.24 Å². The molecule has 0 unspecified atom stereocenters. The molecule has 10 heavy (non-hydrogen) atoms. The van der Waals surface area contributed by atoms with Crippen LogP contribution in [0.15, 0.2) is 0 Å². The molecule has 0 aromatic rings. The number of thioether (sulfide) groups is 1. The van der Waals surface area contributed by atoms with Gasteiger partial charge >= 0.3 is 0 Å². The first kappa shape index (κ1) is 7.92. The van der Waals surface area contributed by atoms with Crippen molar-refractivity contribution in [2.75, 3.05) is 5.75 Å². The van der Waals surface area contributed by atoms with Crippen molar-refractivity contribution in [2.45, 2.75) is 32.2 Å². The highest BCUT2D eigenvalue weighted by atomic mass is 32.2. The second-order valence-electron chi connectivity index (χ2n) is 2.69. The third-order valence-corrected chi connectivity index (χ3v) is 3.26. The van der Waals surface area contributed by atoms with Gasteiger partial charge in [-0.05, 0) is 12.8 Å². The summed E-state index contributed by atoms with van der Waals surface area (Å²) < 4.78 is 0. The zero-order valence-corrected chi connectivity index (χ0v) is 7.25. The predicted molar refractivity (Wildman–Crippen MR) is 44.3 cm³/mol. The van der Waals surface area contributed by atoms with Gasteiger partial charge in [-0.2, -0.15) is 0 Å². The zero-order valence-electron chi connectivity index (χ0n) is 6.44. The van der Waals surface area contributed by atoms with Crippen molar-refractivity contribution in [3.8, 4) is 0 Å². The Morgan fingerprint density at radius 3 is 2.40 bits per heavy atom. The van der Waals surface area contributed by atoms with Crippen LogP contribution in [-0.4, -0.2) is 16.5 Å². The van der Waals surface area contributed by atoms with Crippen LogP contribution in [0, 0.1) is 0 Å². The van der Waals surface area contributed by atoms with E-state index in [-0.39, 0.29) is 10.8 Å². The molecule has 0 aromatic heterocycles. The van der Waals surface area contributed by atoms with Gasteiger partial charge in [0, 0.05) is 11.3 Å². The highest BCUT2D eigenvalue weighted by Crippen LogP contribution is 2.28. The van der Waals surface area contributed by atoms with E-state index in [9.17, 15) is 4.79 Å². The maximum absolute atomic E-state index is 10.8. The van der Waals surface area contributed by atoms with Crippen molar-refractivity contribution >= 4 is 17.0 Å². The Morgan fingerprint density at radius 2 is 2.20 bits per heavy atom. The molecule has 3 heteroatoms. The van der Waals surface area contributed by atoms with Gasteiger partial charge in [-0.25, -0.2) is 0 Å². The van der Waals surface area contributed by atoms with E-state index >= 15 is 0 Å². The lowest BCUT2D eigenvalue weighted by Gasteiger charge is -2.24. The summed E-state index contributed by atoms with van der Waals surface area (Å²) in [4.78, 5) is 10.8. The molecule has 0 radical (unpaired) electrons. The minimum atomic E-state index is 0.113. The van der Waals surface area contributed by atoms with Gasteiger partial charge in [-0.1, -0.05) is 25.6 Å². The molecule has 1 heterocycles. The highest BCUT2D eigenvalue weighted by molar-refractivity contribution is 8.14. The first-order valence-electron chi connectivity index (χ1n) is 3.67. The smallest absolute Gasteiger partial charge is 0.279 e. The van der Waals surface area contributed by atoms with Gasteiger partial charge in [0.15, 0.2) is 0 Å². The van der Waals surface area contributed by atoms with Crippen LogP contribution in [0.25, 0.3) is 0 Å². The van der Waals surface area contributed by atoms with Crippen LogP contribution in [0.1, 0.15) is 26.7 Å². The largest absolute Gasteiger partial charge is 0.341 e. The van der Waals surface area contributed by atoms with Crippen LogP contribution in [-0.2, 0) is 0 Å². The van der Waals surface area contributed by atoms with E-state index in [1.165, 1.54) is 11.8 Å². The molecule has 1 saturated heterocycles. The normalized spacial score (nSPS) is 22.8. The fourth-order valence-electron chi connectivity index (χ4n) is 1.12. The second-order valence-corrected chi connectivity index (χ2v) is 3.64. The standard InChI is InChI=1S/C7H13NOS/c1-3-7(4-2)5-10-6(9)8-7/h3-5H2,1-2H3,(H,8,9). The summed E-state index contributed by atoms with van der Waals surface area (Å²) >= 11 is 1.40. The number of nitrogens with one attached hydrogen (secondary N) is 1. The average Bonchev–Trinajstić information content (AvgIpc) is 2.33. The third-order valence-electron chi connectivity index (χ3n) is 2.20. The number of amides is 1. The van der Waals surface area contributed by atoms with Crippen LogP contribution in [0.2, 0.25) is 0 Å². The lowest BCUT2D eigenvalue weighted by atomic mass is 9.96. The molecule has 1 amide bonds. The van der Waals surface area contributed by atoms with Crippen LogP contribution < -0.4 is 5.32 Å². The summed E-state index contributed by atoms with van der Waals surface area (Å²) in [6, 6.07) is 0. The number of rotatable bonds is 2. The average molecular weight is 159 g/mol. The van der Waals surface area contributed by atoms with Gasteiger partial charge in [-0.3, -0.25) is 4.79 Å². The van der Waals surface area contributed by atoms with E-state index in [1.807, 2.05) is 0 Å². The molecule has 1 N–H and O–H groups in total. The Morgan fingerprint density at radius 1 is 1.60 bits per heavy atom. The number of hydrogen-bond donors (Lipinski definition) is 1. The molecule has 0 saturated carbocycles. The van der Waals surface area contributed by atoms with Crippen LogP contribution in [0.4, 0.5) is 4.79 Å². The fourth-order valence-corrected chi connectivity index (χ4v) is 2.30. The van der Waals surface area contributed by atoms with E-state index in [2.05, 4.69) is 19.2 Å². The molecule has 0 spiro atoms. The van der Waals surface area contributed by atoms with Crippen molar-refractivity contribution in [3.05, 3.63) is 0 Å². The molecule has 0 aliphatic carbocycles. The number of carbonyl (C=O) groups excluding carboxylic acids is 1. The molecule has 0 bridgehead atoms. The quantitative estimate of drug-likeness (QED) is 0.667. The first-order valence-corrected chi connectivity index (χ1v) is 4.66. The molecular weight excluding hydrogens is 146 g/mol. The summed E-state index contributed by atoms with van der Waals surface area (Å²) in [5, 5.41) is 3.13. The predicted octanol–water partition coefficient (Wildman–Crippen LogP) is 2.00. The van der Waals surface area contributed by atoms with E-state index in [0.717, 1.165) is 18.6 Å². The summed E-state index contributed by atoms with van der Waals surface area (Å²) in [7, 11) is 0. The molecular formula is C7H13NOS. The Balaban J connectivity index is 2.59. The summed E-state index contributed by atoms with van der Waals surface area (Å²) in [6.45, 7) is 4.24. The van der Waals surface area contributed by atoms with Crippen molar-refractivity contribution in [2.24, 2.45) is 0 Å². The topological polar surface area (TPSA) is 29.1 Å². The van der Waals surface area contributed by atoms with Gasteiger partial charge in [0.05, 0.1) is 0 Å². The van der Waals surface area contributed by atoms with E-state index in [1.54, 1.807) is 0 Å². The van der Waals surface area contributed by atoms with Gasteiger partial charge in [0.1, 0.15) is 0 Å². The monoisotopic (exact) mass is 159 g/mol. The Labute approximate surface area is 65.8 Å². The van der Waals surface area contributed by atoms with Gasteiger partial charge in [0.2, 0.25) is 0 Å². The van der Waals surface area contributed by atoms with Gasteiger partial charge < -0.3 is 5.32 Å². The van der Waals surface area contributed by atoms with E-state index < -0.39 is 0 Å². The SMILES string of the molecule is CCC1(CC)CSC(=O)N1. The molecule has 1 fully saturated rings. The maximum atomic E-state index is 10.8. The van der Waals surface area contributed by atoms with E-state index in [0.29, 0.717) is 0 Å². The molecule has 2 nitrogen and oxygen atoms in total. The molecule has 0 aromatic carbocycles. The summed E-state index contributed by atoms with van der Waals surface area (Å²) in [5.74, 6) is 0.943.